The number of aryl methyl sites for hydroxylation is 1. The van der Waals surface area contributed by atoms with Gasteiger partial charge in [0, 0.05) is 18.7 Å². The van der Waals surface area contributed by atoms with Crippen LogP contribution in [-0.4, -0.2) is 41.9 Å². The molecular formula is C15H19N3O3. The number of nitrogens with zero attached hydrogens (tertiary/aromatic N) is 3. The predicted molar refractivity (Wildman–Crippen MR) is 76.0 cm³/mol. The highest BCUT2D eigenvalue weighted by atomic mass is 16.5. The molecule has 2 aromatic rings. The molecule has 1 aromatic carbocycles. The Hall–Kier alpha value is -1.92. The smallest absolute Gasteiger partial charge is 0.246 e. The van der Waals surface area contributed by atoms with Gasteiger partial charge in [0.25, 0.3) is 0 Å². The zero-order valence-electron chi connectivity index (χ0n) is 12.3. The van der Waals surface area contributed by atoms with Gasteiger partial charge < -0.3 is 14.0 Å². The zero-order valence-corrected chi connectivity index (χ0v) is 12.3. The van der Waals surface area contributed by atoms with Crippen LogP contribution in [0, 0.1) is 6.92 Å². The summed E-state index contributed by atoms with van der Waals surface area (Å²) in [6.07, 6.45) is 0. The molecule has 0 N–H and O–H groups in total. The summed E-state index contributed by atoms with van der Waals surface area (Å²) in [5.74, 6) is 2.15. The zero-order chi connectivity index (χ0) is 14.7. The van der Waals surface area contributed by atoms with Crippen molar-refractivity contribution < 1.29 is 14.0 Å². The standard InChI is InChI=1S/C15H19N3O3/c1-11-16-15(21-17-11)13-10-20-8-7-18(13)9-12-5-3-4-6-14(12)19-2/h3-6,13H,7-10H2,1-2H3/t13-/m1/s1. The number of benzene rings is 1. The maximum atomic E-state index is 5.57. The molecule has 1 saturated heterocycles. The first-order valence-corrected chi connectivity index (χ1v) is 7.02. The Morgan fingerprint density at radius 2 is 2.24 bits per heavy atom. The number of hydrogen-bond acceptors (Lipinski definition) is 6. The molecular weight excluding hydrogens is 270 g/mol. The van der Waals surface area contributed by atoms with Gasteiger partial charge in [-0.1, -0.05) is 23.4 Å². The van der Waals surface area contributed by atoms with Gasteiger partial charge in [-0.25, -0.2) is 0 Å². The summed E-state index contributed by atoms with van der Waals surface area (Å²) in [6, 6.07) is 8.03. The lowest BCUT2D eigenvalue weighted by atomic mass is 10.1. The number of morpholine rings is 1. The first-order chi connectivity index (χ1) is 10.3. The van der Waals surface area contributed by atoms with Crippen molar-refractivity contribution in [3.05, 3.63) is 41.5 Å². The van der Waals surface area contributed by atoms with Gasteiger partial charge in [-0.2, -0.15) is 4.98 Å². The number of ether oxygens (including phenoxy) is 2. The Bertz CT molecular complexity index is 599. The molecule has 0 amide bonds. The molecule has 6 nitrogen and oxygen atoms in total. The van der Waals surface area contributed by atoms with E-state index in [0.717, 1.165) is 24.4 Å². The number of hydrogen-bond donors (Lipinski definition) is 0. The molecule has 6 heteroatoms. The van der Waals surface area contributed by atoms with Crippen molar-refractivity contribution >= 4 is 0 Å². The summed E-state index contributed by atoms with van der Waals surface area (Å²) in [4.78, 5) is 6.62. The monoisotopic (exact) mass is 289 g/mol. The Balaban J connectivity index is 1.81. The fourth-order valence-electron chi connectivity index (χ4n) is 2.56. The van der Waals surface area contributed by atoms with Gasteiger partial charge in [-0.05, 0) is 13.0 Å². The van der Waals surface area contributed by atoms with E-state index in [9.17, 15) is 0 Å². The summed E-state index contributed by atoms with van der Waals surface area (Å²) >= 11 is 0. The van der Waals surface area contributed by atoms with Crippen LogP contribution in [0.15, 0.2) is 28.8 Å². The summed E-state index contributed by atoms with van der Waals surface area (Å²) in [6.45, 7) is 4.68. The lowest BCUT2D eigenvalue weighted by Crippen LogP contribution is -2.39. The molecule has 3 rings (SSSR count). The molecule has 0 aliphatic carbocycles. The van der Waals surface area contributed by atoms with Crippen LogP contribution in [0.4, 0.5) is 0 Å². The van der Waals surface area contributed by atoms with Crippen LogP contribution >= 0.6 is 0 Å². The van der Waals surface area contributed by atoms with Crippen LogP contribution in [0.25, 0.3) is 0 Å². The Morgan fingerprint density at radius 3 is 3.00 bits per heavy atom. The van der Waals surface area contributed by atoms with E-state index in [2.05, 4.69) is 21.1 Å². The summed E-state index contributed by atoms with van der Waals surface area (Å²) in [5, 5.41) is 3.87. The summed E-state index contributed by atoms with van der Waals surface area (Å²) in [7, 11) is 1.69. The highest BCUT2D eigenvalue weighted by molar-refractivity contribution is 5.33. The van der Waals surface area contributed by atoms with Gasteiger partial charge >= 0.3 is 0 Å². The van der Waals surface area contributed by atoms with Gasteiger partial charge in [0.15, 0.2) is 5.82 Å². The molecule has 2 heterocycles. The average molecular weight is 289 g/mol. The predicted octanol–water partition coefficient (Wildman–Crippen LogP) is 1.96. The van der Waals surface area contributed by atoms with E-state index in [-0.39, 0.29) is 6.04 Å². The lowest BCUT2D eigenvalue weighted by Gasteiger charge is -2.33. The minimum Gasteiger partial charge on any atom is -0.496 e. The van der Waals surface area contributed by atoms with Gasteiger partial charge in [-0.15, -0.1) is 0 Å². The second-order valence-corrected chi connectivity index (χ2v) is 5.05. The minimum absolute atomic E-state index is 0.00939. The maximum absolute atomic E-state index is 5.57. The molecule has 1 aromatic heterocycles. The van der Waals surface area contributed by atoms with Crippen LogP contribution in [0.3, 0.4) is 0 Å². The molecule has 0 saturated carbocycles. The van der Waals surface area contributed by atoms with E-state index < -0.39 is 0 Å². The van der Waals surface area contributed by atoms with Crippen molar-refractivity contribution in [1.29, 1.82) is 0 Å². The molecule has 0 spiro atoms. The summed E-state index contributed by atoms with van der Waals surface area (Å²) < 4.78 is 16.3. The Morgan fingerprint density at radius 1 is 1.38 bits per heavy atom. The Labute approximate surface area is 123 Å². The second-order valence-electron chi connectivity index (χ2n) is 5.05. The van der Waals surface area contributed by atoms with E-state index >= 15 is 0 Å². The molecule has 1 atom stereocenters. The molecule has 1 fully saturated rings. The van der Waals surface area contributed by atoms with E-state index in [4.69, 9.17) is 14.0 Å². The van der Waals surface area contributed by atoms with Gasteiger partial charge in [0.05, 0.1) is 20.3 Å². The van der Waals surface area contributed by atoms with Crippen molar-refractivity contribution in [3.63, 3.8) is 0 Å². The topological polar surface area (TPSA) is 60.6 Å². The first kappa shape index (κ1) is 14.0. The second kappa shape index (κ2) is 6.24. The molecule has 21 heavy (non-hydrogen) atoms. The number of para-hydroxylation sites is 1. The molecule has 0 radical (unpaired) electrons. The van der Waals surface area contributed by atoms with Crippen LogP contribution < -0.4 is 4.74 Å². The summed E-state index contributed by atoms with van der Waals surface area (Å²) in [5.41, 5.74) is 1.14. The molecule has 112 valence electrons. The van der Waals surface area contributed by atoms with Crippen molar-refractivity contribution in [1.82, 2.24) is 15.0 Å². The first-order valence-electron chi connectivity index (χ1n) is 7.02. The minimum atomic E-state index is -0.00939. The fourth-order valence-corrected chi connectivity index (χ4v) is 2.56. The Kier molecular flexibility index (Phi) is 4.17. The third kappa shape index (κ3) is 3.06. The van der Waals surface area contributed by atoms with Gasteiger partial charge in [-0.3, -0.25) is 4.90 Å². The fraction of sp³-hybridized carbons (Fsp3) is 0.467. The lowest BCUT2D eigenvalue weighted by molar-refractivity contribution is -0.0243. The highest BCUT2D eigenvalue weighted by Crippen LogP contribution is 2.27. The third-order valence-corrected chi connectivity index (χ3v) is 3.63. The van der Waals surface area contributed by atoms with Crippen LogP contribution in [-0.2, 0) is 11.3 Å². The normalized spacial score (nSPS) is 19.6. The largest absolute Gasteiger partial charge is 0.496 e. The molecule has 0 unspecified atom stereocenters. The van der Waals surface area contributed by atoms with E-state index in [1.54, 1.807) is 7.11 Å². The quantitative estimate of drug-likeness (QED) is 0.857. The van der Waals surface area contributed by atoms with E-state index in [0.29, 0.717) is 24.9 Å². The van der Waals surface area contributed by atoms with E-state index in [1.807, 2.05) is 25.1 Å². The maximum Gasteiger partial charge on any atom is 0.246 e. The van der Waals surface area contributed by atoms with Crippen molar-refractivity contribution in [3.8, 4) is 5.75 Å². The highest BCUT2D eigenvalue weighted by Gasteiger charge is 2.29. The molecule has 0 bridgehead atoms. The van der Waals surface area contributed by atoms with Gasteiger partial charge in [0.2, 0.25) is 5.89 Å². The molecule has 1 aliphatic heterocycles. The van der Waals surface area contributed by atoms with Crippen molar-refractivity contribution in [2.45, 2.75) is 19.5 Å². The number of rotatable bonds is 4. The van der Waals surface area contributed by atoms with Crippen LogP contribution in [0.2, 0.25) is 0 Å². The van der Waals surface area contributed by atoms with Crippen molar-refractivity contribution in [2.24, 2.45) is 0 Å². The number of aromatic nitrogens is 2. The van der Waals surface area contributed by atoms with E-state index in [1.165, 1.54) is 0 Å². The van der Waals surface area contributed by atoms with Crippen molar-refractivity contribution in [2.75, 3.05) is 26.9 Å². The van der Waals surface area contributed by atoms with Gasteiger partial charge in [0.1, 0.15) is 11.8 Å². The third-order valence-electron chi connectivity index (χ3n) is 3.63. The van der Waals surface area contributed by atoms with Crippen LogP contribution in [0.1, 0.15) is 23.3 Å². The van der Waals surface area contributed by atoms with Crippen LogP contribution in [0.5, 0.6) is 5.75 Å². The SMILES string of the molecule is COc1ccccc1CN1CCOC[C@@H]1c1nc(C)no1. The average Bonchev–Trinajstić information content (AvgIpc) is 2.95. The molecule has 1 aliphatic rings. The number of methoxy groups -OCH3 is 1.